The Morgan fingerprint density at radius 3 is 2.26 bits per heavy atom. The zero-order valence-electron chi connectivity index (χ0n) is 10.9. The van der Waals surface area contributed by atoms with Crippen LogP contribution in [0.1, 0.15) is 24.1 Å². The Labute approximate surface area is 110 Å². The lowest BCUT2D eigenvalue weighted by Crippen LogP contribution is -2.43. The summed E-state index contributed by atoms with van der Waals surface area (Å²) in [5.41, 5.74) is 7.23. The summed E-state index contributed by atoms with van der Waals surface area (Å²) in [6, 6.07) is 5.77. The van der Waals surface area contributed by atoms with Crippen LogP contribution in [-0.2, 0) is 4.79 Å². The van der Waals surface area contributed by atoms with Gasteiger partial charge in [-0.05, 0) is 19.4 Å². The molecule has 0 aliphatic heterocycles. The summed E-state index contributed by atoms with van der Waals surface area (Å²) in [7, 11) is 0. The number of likely N-dealkylation sites (N-methyl/N-ethyl adjacent to an activating group) is 1. The van der Waals surface area contributed by atoms with Crippen molar-refractivity contribution in [3.05, 3.63) is 35.4 Å². The molecular formula is C13H17F3N2O. The van der Waals surface area contributed by atoms with Gasteiger partial charge in [0.15, 0.2) is 0 Å². The topological polar surface area (TPSA) is 46.3 Å². The minimum absolute atomic E-state index is 0.0299. The summed E-state index contributed by atoms with van der Waals surface area (Å²) in [6.45, 7) is 2.06. The number of carbonyl (C=O) groups is 1. The van der Waals surface area contributed by atoms with E-state index in [1.807, 2.05) is 6.92 Å². The van der Waals surface area contributed by atoms with Crippen molar-refractivity contribution < 1.29 is 18.0 Å². The van der Waals surface area contributed by atoms with Crippen molar-refractivity contribution in [2.45, 2.75) is 26.1 Å². The fraction of sp³-hybridized carbons (Fsp3) is 0.462. The van der Waals surface area contributed by atoms with E-state index in [9.17, 15) is 18.0 Å². The van der Waals surface area contributed by atoms with Gasteiger partial charge in [0, 0.05) is 6.54 Å². The Morgan fingerprint density at radius 1 is 1.32 bits per heavy atom. The molecule has 19 heavy (non-hydrogen) atoms. The van der Waals surface area contributed by atoms with Crippen LogP contribution in [0.3, 0.4) is 0 Å². The second-order valence-corrected chi connectivity index (χ2v) is 4.36. The number of hydrogen-bond donors (Lipinski definition) is 1. The normalized spacial score (nSPS) is 13.2. The zero-order chi connectivity index (χ0) is 14.6. The van der Waals surface area contributed by atoms with Crippen molar-refractivity contribution in [2.24, 2.45) is 5.73 Å². The fourth-order valence-corrected chi connectivity index (χ4v) is 1.68. The third-order valence-corrected chi connectivity index (χ3v) is 2.77. The lowest BCUT2D eigenvalue weighted by Gasteiger charge is -2.25. The molecule has 3 nitrogen and oxygen atoms in total. The summed E-state index contributed by atoms with van der Waals surface area (Å²) in [5.74, 6) is -0.719. The number of benzene rings is 1. The van der Waals surface area contributed by atoms with Gasteiger partial charge < -0.3 is 10.6 Å². The van der Waals surface area contributed by atoms with Crippen molar-refractivity contribution in [1.82, 2.24) is 4.90 Å². The van der Waals surface area contributed by atoms with E-state index in [1.54, 1.807) is 24.3 Å². The molecule has 0 fully saturated rings. The standard InChI is InChI=1S/C13H17F3N2O/c1-3-18(8-13(14,15)16)12(19)11(17)10-6-4-9(2)5-7-10/h4-7,11H,3,8,17H2,1-2H3. The largest absolute Gasteiger partial charge is 0.406 e. The molecule has 0 aliphatic rings. The first-order valence-corrected chi connectivity index (χ1v) is 5.92. The first-order valence-electron chi connectivity index (χ1n) is 5.92. The van der Waals surface area contributed by atoms with Gasteiger partial charge in [-0.1, -0.05) is 29.8 Å². The highest BCUT2D eigenvalue weighted by molar-refractivity contribution is 5.83. The Bertz CT molecular complexity index is 429. The van der Waals surface area contributed by atoms with Crippen molar-refractivity contribution >= 4 is 5.91 Å². The molecule has 0 heterocycles. The van der Waals surface area contributed by atoms with E-state index < -0.39 is 24.7 Å². The molecule has 1 rings (SSSR count). The number of nitrogens with zero attached hydrogens (tertiary/aromatic N) is 1. The van der Waals surface area contributed by atoms with Crippen LogP contribution in [0.5, 0.6) is 0 Å². The van der Waals surface area contributed by atoms with Crippen molar-refractivity contribution in [3.63, 3.8) is 0 Å². The molecule has 1 amide bonds. The fourth-order valence-electron chi connectivity index (χ4n) is 1.68. The number of carbonyl (C=O) groups excluding carboxylic acids is 1. The first kappa shape index (κ1) is 15.5. The Balaban J connectivity index is 2.82. The number of hydrogen-bond acceptors (Lipinski definition) is 2. The average molecular weight is 274 g/mol. The van der Waals surface area contributed by atoms with Gasteiger partial charge in [-0.25, -0.2) is 0 Å². The maximum Gasteiger partial charge on any atom is 0.406 e. The van der Waals surface area contributed by atoms with Crippen molar-refractivity contribution in [1.29, 1.82) is 0 Å². The number of nitrogens with two attached hydrogens (primary N) is 1. The van der Waals surface area contributed by atoms with Crippen molar-refractivity contribution in [2.75, 3.05) is 13.1 Å². The van der Waals surface area contributed by atoms with Crippen LogP contribution >= 0.6 is 0 Å². The van der Waals surface area contributed by atoms with Gasteiger partial charge >= 0.3 is 6.18 Å². The molecular weight excluding hydrogens is 257 g/mol. The van der Waals surface area contributed by atoms with Gasteiger partial charge in [0.05, 0.1) is 0 Å². The van der Waals surface area contributed by atoms with E-state index in [0.29, 0.717) is 10.5 Å². The van der Waals surface area contributed by atoms with Crippen LogP contribution in [0.15, 0.2) is 24.3 Å². The monoisotopic (exact) mass is 274 g/mol. The van der Waals surface area contributed by atoms with E-state index in [4.69, 9.17) is 5.73 Å². The maximum absolute atomic E-state index is 12.3. The minimum atomic E-state index is -4.42. The molecule has 1 atom stereocenters. The van der Waals surface area contributed by atoms with Crippen molar-refractivity contribution in [3.8, 4) is 0 Å². The summed E-state index contributed by atoms with van der Waals surface area (Å²) < 4.78 is 37.0. The molecule has 1 aromatic rings. The number of rotatable bonds is 4. The SMILES string of the molecule is CCN(CC(F)(F)F)C(=O)C(N)c1ccc(C)cc1. The molecule has 0 saturated carbocycles. The molecule has 1 unspecified atom stereocenters. The van der Waals surface area contributed by atoms with Crippen LogP contribution in [0.25, 0.3) is 0 Å². The van der Waals surface area contributed by atoms with Crippen LogP contribution in [0.2, 0.25) is 0 Å². The van der Waals surface area contributed by atoms with E-state index >= 15 is 0 Å². The predicted molar refractivity (Wildman–Crippen MR) is 66.4 cm³/mol. The van der Waals surface area contributed by atoms with Gasteiger partial charge in [-0.3, -0.25) is 4.79 Å². The molecule has 6 heteroatoms. The number of aryl methyl sites for hydroxylation is 1. The molecule has 0 aliphatic carbocycles. The summed E-state index contributed by atoms with van der Waals surface area (Å²) in [6.07, 6.45) is -4.42. The first-order chi connectivity index (χ1) is 8.74. The second kappa shape index (κ2) is 6.06. The molecule has 2 N–H and O–H groups in total. The van der Waals surface area contributed by atoms with Gasteiger partial charge in [-0.15, -0.1) is 0 Å². The molecule has 0 saturated heterocycles. The molecule has 106 valence electrons. The molecule has 0 radical (unpaired) electrons. The highest BCUT2D eigenvalue weighted by Crippen LogP contribution is 2.20. The summed E-state index contributed by atoms with van der Waals surface area (Å²) >= 11 is 0. The lowest BCUT2D eigenvalue weighted by molar-refractivity contribution is -0.161. The van der Waals surface area contributed by atoms with E-state index in [2.05, 4.69) is 0 Å². The Kier molecular flexibility index (Phi) is 4.94. The van der Waals surface area contributed by atoms with Crippen LogP contribution in [0, 0.1) is 6.92 Å². The van der Waals surface area contributed by atoms with Crippen LogP contribution in [0.4, 0.5) is 13.2 Å². The third-order valence-electron chi connectivity index (χ3n) is 2.77. The molecule has 0 aromatic heterocycles. The Morgan fingerprint density at radius 2 is 1.84 bits per heavy atom. The van der Waals surface area contributed by atoms with Crippen LogP contribution < -0.4 is 5.73 Å². The van der Waals surface area contributed by atoms with E-state index in [0.717, 1.165) is 5.56 Å². The van der Waals surface area contributed by atoms with Gasteiger partial charge in [0.25, 0.3) is 0 Å². The summed E-state index contributed by atoms with van der Waals surface area (Å²) in [5, 5.41) is 0. The smallest absolute Gasteiger partial charge is 0.332 e. The average Bonchev–Trinajstić information content (AvgIpc) is 2.34. The van der Waals surface area contributed by atoms with E-state index in [-0.39, 0.29) is 6.54 Å². The molecule has 1 aromatic carbocycles. The lowest BCUT2D eigenvalue weighted by atomic mass is 10.0. The second-order valence-electron chi connectivity index (χ2n) is 4.36. The quantitative estimate of drug-likeness (QED) is 0.916. The zero-order valence-corrected chi connectivity index (χ0v) is 10.9. The minimum Gasteiger partial charge on any atom is -0.332 e. The summed E-state index contributed by atoms with van der Waals surface area (Å²) in [4.78, 5) is 12.7. The molecule has 0 spiro atoms. The maximum atomic E-state index is 12.3. The van der Waals surface area contributed by atoms with Crippen LogP contribution in [-0.4, -0.2) is 30.1 Å². The van der Waals surface area contributed by atoms with Gasteiger partial charge in [0.2, 0.25) is 5.91 Å². The highest BCUT2D eigenvalue weighted by Gasteiger charge is 2.34. The van der Waals surface area contributed by atoms with E-state index in [1.165, 1.54) is 6.92 Å². The predicted octanol–water partition coefficient (Wildman–Crippen LogP) is 2.41. The number of amides is 1. The number of halogens is 3. The number of alkyl halides is 3. The molecule has 0 bridgehead atoms. The van der Waals surface area contributed by atoms with Gasteiger partial charge in [-0.2, -0.15) is 13.2 Å². The van der Waals surface area contributed by atoms with Gasteiger partial charge in [0.1, 0.15) is 12.6 Å². The third kappa shape index (κ3) is 4.55. The Hall–Kier alpha value is -1.56. The highest BCUT2D eigenvalue weighted by atomic mass is 19.4.